The fraction of sp³-hybridized carbons (Fsp3) is 0.238. The van der Waals surface area contributed by atoms with Crippen molar-refractivity contribution in [3.8, 4) is 0 Å². The van der Waals surface area contributed by atoms with Gasteiger partial charge in [-0.1, -0.05) is 66.4 Å². The Hall–Kier alpha value is -2.11. The molecule has 1 aliphatic heterocycles. The monoisotopic (exact) mass is 382 g/mol. The lowest BCUT2D eigenvalue weighted by molar-refractivity contribution is -0.122. The minimum absolute atomic E-state index is 0.0183. The Kier molecular flexibility index (Phi) is 6.12. The van der Waals surface area contributed by atoms with Crippen LogP contribution in [0.1, 0.15) is 17.5 Å². The van der Waals surface area contributed by atoms with Crippen LogP contribution in [0.4, 0.5) is 5.69 Å². The van der Waals surface area contributed by atoms with Crippen LogP contribution in [0.3, 0.4) is 0 Å². The summed E-state index contributed by atoms with van der Waals surface area (Å²) in [6.45, 7) is 0.663. The number of rotatable bonds is 6. The van der Waals surface area contributed by atoms with E-state index >= 15 is 0 Å². The SMILES string of the molecule is CN(C)c1ccc(/C=C2\SC(=S)N(CCCc3ccccc3)C2=O)cc1. The highest BCUT2D eigenvalue weighted by Crippen LogP contribution is 2.33. The summed E-state index contributed by atoms with van der Waals surface area (Å²) >= 11 is 6.81. The molecule has 0 aliphatic carbocycles. The number of anilines is 1. The standard InChI is InChI=1S/C21H22N2OS2/c1-22(2)18-12-10-17(11-13-18)15-19-20(24)23(21(25)26-19)14-6-9-16-7-4-3-5-8-16/h3-5,7-8,10-13,15H,6,9,14H2,1-2H3/b19-15-. The quantitative estimate of drug-likeness (QED) is 0.539. The Balaban J connectivity index is 1.62. The molecule has 0 spiro atoms. The summed E-state index contributed by atoms with van der Waals surface area (Å²) in [7, 11) is 4.02. The van der Waals surface area contributed by atoms with E-state index in [1.807, 2.05) is 62.6 Å². The van der Waals surface area contributed by atoms with Crippen LogP contribution in [0.2, 0.25) is 0 Å². The molecule has 26 heavy (non-hydrogen) atoms. The molecule has 0 N–H and O–H groups in total. The smallest absolute Gasteiger partial charge is 0.266 e. The molecule has 0 aromatic heterocycles. The van der Waals surface area contributed by atoms with Crippen molar-refractivity contribution in [2.75, 3.05) is 25.5 Å². The summed E-state index contributed by atoms with van der Waals surface area (Å²) in [6.07, 6.45) is 3.78. The average Bonchev–Trinajstić information content (AvgIpc) is 2.90. The number of hydrogen-bond donors (Lipinski definition) is 0. The summed E-state index contributed by atoms with van der Waals surface area (Å²) in [6, 6.07) is 18.5. The average molecular weight is 383 g/mol. The fourth-order valence-electron chi connectivity index (χ4n) is 2.80. The van der Waals surface area contributed by atoms with Gasteiger partial charge in [-0.15, -0.1) is 0 Å². The zero-order valence-electron chi connectivity index (χ0n) is 15.0. The molecule has 3 rings (SSSR count). The Morgan fingerprint density at radius 1 is 1.08 bits per heavy atom. The molecule has 5 heteroatoms. The van der Waals surface area contributed by atoms with Gasteiger partial charge in [0.05, 0.1) is 4.91 Å². The van der Waals surface area contributed by atoms with Crippen molar-refractivity contribution in [1.82, 2.24) is 4.90 Å². The van der Waals surface area contributed by atoms with Gasteiger partial charge in [-0.05, 0) is 42.2 Å². The zero-order valence-corrected chi connectivity index (χ0v) is 16.6. The molecule has 2 aromatic carbocycles. The maximum atomic E-state index is 12.7. The molecule has 1 fully saturated rings. The largest absolute Gasteiger partial charge is 0.378 e. The van der Waals surface area contributed by atoms with Crippen molar-refractivity contribution in [3.05, 3.63) is 70.6 Å². The van der Waals surface area contributed by atoms with Crippen LogP contribution in [0, 0.1) is 0 Å². The van der Waals surface area contributed by atoms with Gasteiger partial charge in [-0.2, -0.15) is 0 Å². The molecule has 134 valence electrons. The first kappa shape index (κ1) is 18.7. The van der Waals surface area contributed by atoms with E-state index in [4.69, 9.17) is 12.2 Å². The molecule has 1 heterocycles. The summed E-state index contributed by atoms with van der Waals surface area (Å²) in [5.41, 5.74) is 3.44. The van der Waals surface area contributed by atoms with E-state index < -0.39 is 0 Å². The molecule has 2 aromatic rings. The molecule has 0 unspecified atom stereocenters. The Morgan fingerprint density at radius 3 is 2.42 bits per heavy atom. The van der Waals surface area contributed by atoms with Crippen molar-refractivity contribution in [1.29, 1.82) is 0 Å². The lowest BCUT2D eigenvalue weighted by Gasteiger charge is -2.14. The Labute approximate surface area is 164 Å². The second-order valence-electron chi connectivity index (χ2n) is 6.41. The minimum atomic E-state index is 0.0183. The van der Waals surface area contributed by atoms with Gasteiger partial charge in [0.15, 0.2) is 0 Å². The number of amides is 1. The lowest BCUT2D eigenvalue weighted by Crippen LogP contribution is -2.29. The van der Waals surface area contributed by atoms with Crippen molar-refractivity contribution in [2.24, 2.45) is 0 Å². The Morgan fingerprint density at radius 2 is 1.77 bits per heavy atom. The van der Waals surface area contributed by atoms with Gasteiger partial charge in [-0.25, -0.2) is 0 Å². The van der Waals surface area contributed by atoms with Crippen molar-refractivity contribution in [3.63, 3.8) is 0 Å². The lowest BCUT2D eigenvalue weighted by atomic mass is 10.1. The van der Waals surface area contributed by atoms with Crippen molar-refractivity contribution < 1.29 is 4.79 Å². The second kappa shape index (κ2) is 8.52. The molecule has 1 amide bonds. The number of nitrogens with zero attached hydrogens (tertiary/aromatic N) is 2. The van der Waals surface area contributed by atoms with Gasteiger partial charge in [0.2, 0.25) is 0 Å². The van der Waals surface area contributed by atoms with Gasteiger partial charge in [0.25, 0.3) is 5.91 Å². The van der Waals surface area contributed by atoms with Crippen LogP contribution in [-0.4, -0.2) is 35.8 Å². The van der Waals surface area contributed by atoms with Crippen LogP contribution in [-0.2, 0) is 11.2 Å². The molecule has 0 atom stereocenters. The highest BCUT2D eigenvalue weighted by Gasteiger charge is 2.31. The summed E-state index contributed by atoms with van der Waals surface area (Å²) < 4.78 is 0.652. The summed E-state index contributed by atoms with van der Waals surface area (Å²) in [5.74, 6) is 0.0183. The van der Waals surface area contributed by atoms with Crippen molar-refractivity contribution in [2.45, 2.75) is 12.8 Å². The van der Waals surface area contributed by atoms with E-state index in [1.54, 1.807) is 4.90 Å². The topological polar surface area (TPSA) is 23.6 Å². The predicted molar refractivity (Wildman–Crippen MR) is 115 cm³/mol. The molecule has 0 bridgehead atoms. The zero-order chi connectivity index (χ0) is 18.5. The summed E-state index contributed by atoms with van der Waals surface area (Å²) in [4.78, 5) is 17.2. The third-order valence-corrected chi connectivity index (χ3v) is 5.65. The van der Waals surface area contributed by atoms with Crippen LogP contribution in [0.25, 0.3) is 6.08 Å². The molecular weight excluding hydrogens is 360 g/mol. The number of carbonyl (C=O) groups is 1. The van der Waals surface area contributed by atoms with Crippen molar-refractivity contribution >= 4 is 46.0 Å². The van der Waals surface area contributed by atoms with E-state index in [0.29, 0.717) is 15.8 Å². The fourth-order valence-corrected chi connectivity index (χ4v) is 4.11. The number of thiocarbonyl (C=S) groups is 1. The molecule has 1 aliphatic rings. The van der Waals surface area contributed by atoms with Crippen LogP contribution < -0.4 is 4.90 Å². The maximum absolute atomic E-state index is 12.7. The van der Waals surface area contributed by atoms with E-state index in [0.717, 1.165) is 24.1 Å². The molecule has 1 saturated heterocycles. The van der Waals surface area contributed by atoms with E-state index in [9.17, 15) is 4.79 Å². The first-order valence-electron chi connectivity index (χ1n) is 8.61. The predicted octanol–water partition coefficient (Wildman–Crippen LogP) is 4.59. The second-order valence-corrected chi connectivity index (χ2v) is 8.08. The number of thioether (sulfide) groups is 1. The number of hydrogen-bond acceptors (Lipinski definition) is 4. The third-order valence-electron chi connectivity index (χ3n) is 4.27. The number of carbonyl (C=O) groups excluding carboxylic acids is 1. The Bertz CT molecular complexity index is 814. The first-order valence-corrected chi connectivity index (χ1v) is 9.84. The molecule has 3 nitrogen and oxygen atoms in total. The van der Waals surface area contributed by atoms with Gasteiger partial charge >= 0.3 is 0 Å². The molecule has 0 radical (unpaired) electrons. The van der Waals surface area contributed by atoms with Gasteiger partial charge in [-0.3, -0.25) is 9.69 Å². The number of benzene rings is 2. The van der Waals surface area contributed by atoms with Crippen LogP contribution in [0.5, 0.6) is 0 Å². The maximum Gasteiger partial charge on any atom is 0.266 e. The highest BCUT2D eigenvalue weighted by atomic mass is 32.2. The first-order chi connectivity index (χ1) is 12.5. The number of aryl methyl sites for hydroxylation is 1. The van der Waals surface area contributed by atoms with Crippen LogP contribution >= 0.6 is 24.0 Å². The van der Waals surface area contributed by atoms with Gasteiger partial charge < -0.3 is 4.90 Å². The third kappa shape index (κ3) is 4.54. The summed E-state index contributed by atoms with van der Waals surface area (Å²) in [5, 5.41) is 0. The highest BCUT2D eigenvalue weighted by molar-refractivity contribution is 8.26. The molecule has 0 saturated carbocycles. The van der Waals surface area contributed by atoms with Gasteiger partial charge in [0, 0.05) is 26.3 Å². The van der Waals surface area contributed by atoms with E-state index in [1.165, 1.54) is 17.3 Å². The minimum Gasteiger partial charge on any atom is -0.378 e. The van der Waals surface area contributed by atoms with E-state index in [2.05, 4.69) is 17.0 Å². The molecular formula is C21H22N2OS2. The normalized spacial score (nSPS) is 15.8. The van der Waals surface area contributed by atoms with E-state index in [-0.39, 0.29) is 5.91 Å². The van der Waals surface area contributed by atoms with Gasteiger partial charge in [0.1, 0.15) is 4.32 Å². The van der Waals surface area contributed by atoms with Crippen LogP contribution in [0.15, 0.2) is 59.5 Å².